The highest BCUT2D eigenvalue weighted by Crippen LogP contribution is 2.41. The zero-order valence-electron chi connectivity index (χ0n) is 23.5. The summed E-state index contributed by atoms with van der Waals surface area (Å²) >= 11 is 0. The number of piperidine rings is 2. The van der Waals surface area contributed by atoms with Gasteiger partial charge in [-0.2, -0.15) is 9.57 Å². The second-order valence-corrected chi connectivity index (χ2v) is 14.0. The normalized spacial score (nSPS) is 29.4. The van der Waals surface area contributed by atoms with Crippen molar-refractivity contribution in [1.29, 1.82) is 5.26 Å². The van der Waals surface area contributed by atoms with Crippen molar-refractivity contribution in [1.82, 2.24) is 25.0 Å². The van der Waals surface area contributed by atoms with E-state index in [2.05, 4.69) is 27.1 Å². The lowest BCUT2D eigenvalue weighted by molar-refractivity contribution is -0.128. The number of hydrogen-bond acceptors (Lipinski definition) is 9. The van der Waals surface area contributed by atoms with Gasteiger partial charge in [-0.15, -0.1) is 0 Å². The predicted octanol–water partition coefficient (Wildman–Crippen LogP) is 1.96. The van der Waals surface area contributed by atoms with E-state index in [1.807, 2.05) is 6.07 Å². The van der Waals surface area contributed by atoms with Gasteiger partial charge >= 0.3 is 6.09 Å². The summed E-state index contributed by atoms with van der Waals surface area (Å²) in [6, 6.07) is 7.56. The fourth-order valence-corrected chi connectivity index (χ4v) is 9.27. The Morgan fingerprint density at radius 1 is 1.22 bits per heavy atom. The number of nitriles is 1. The summed E-state index contributed by atoms with van der Waals surface area (Å²) < 4.78 is 33.0. The lowest BCUT2D eigenvalue weighted by atomic mass is 9.81. The molecular formula is C28H39N7O5S. The van der Waals surface area contributed by atoms with Gasteiger partial charge in [-0.1, -0.05) is 12.8 Å². The maximum absolute atomic E-state index is 13.2. The van der Waals surface area contributed by atoms with Gasteiger partial charge in [-0.25, -0.2) is 23.6 Å². The molecule has 41 heavy (non-hydrogen) atoms. The standard InChI is InChI=1S/C28H39N7O5S/c1-40-27(37)33-14-10-28(9-12-29,11-15-33)35-22-8-13-30-26(36)24(22)25(32-35)31-21-6-7-23-20(16-21)18-34(41(23,38)39)17-19-4-2-3-5-19/h6-7,16,19,22,24-25,31-32H,2-5,8-11,13-15,17-18H2,1H3,(H,30,36). The SMILES string of the molecule is COC(=O)N1CCC(CC#N)(N2NC(Nc3ccc4c(c3)CN(CC3CCCC3)S4(=O)=O)C3C(=O)NCCC32)CC1. The van der Waals surface area contributed by atoms with Crippen LogP contribution in [-0.4, -0.2) is 85.7 Å². The van der Waals surface area contributed by atoms with Crippen LogP contribution in [0, 0.1) is 23.2 Å². The quantitative estimate of drug-likeness (QED) is 0.456. The number of hydrogen-bond donors (Lipinski definition) is 3. The van der Waals surface area contributed by atoms with Crippen molar-refractivity contribution in [2.24, 2.45) is 11.8 Å². The second kappa shape index (κ2) is 11.1. The number of nitrogens with one attached hydrogen (secondary N) is 3. The smallest absolute Gasteiger partial charge is 0.409 e. The van der Waals surface area contributed by atoms with E-state index in [1.165, 1.54) is 20.0 Å². The summed E-state index contributed by atoms with van der Waals surface area (Å²) in [5.41, 5.74) is 4.53. The fraction of sp³-hybridized carbons (Fsp3) is 0.679. The number of benzene rings is 1. The van der Waals surface area contributed by atoms with Crippen LogP contribution in [0.2, 0.25) is 0 Å². The Kier molecular flexibility index (Phi) is 7.61. The monoisotopic (exact) mass is 585 g/mol. The molecule has 12 nitrogen and oxygen atoms in total. The van der Waals surface area contributed by atoms with Crippen molar-refractivity contribution in [3.05, 3.63) is 23.8 Å². The van der Waals surface area contributed by atoms with Crippen LogP contribution in [0.25, 0.3) is 0 Å². The minimum absolute atomic E-state index is 0.0562. The summed E-state index contributed by atoms with van der Waals surface area (Å²) in [7, 11) is -2.14. The van der Waals surface area contributed by atoms with Gasteiger partial charge in [0, 0.05) is 44.5 Å². The molecule has 4 aliphatic heterocycles. The number of sulfonamides is 1. The highest BCUT2D eigenvalue weighted by Gasteiger charge is 2.55. The molecule has 0 spiro atoms. The van der Waals surface area contributed by atoms with Gasteiger partial charge in [0.25, 0.3) is 0 Å². The van der Waals surface area contributed by atoms with Crippen LogP contribution in [0.5, 0.6) is 0 Å². The zero-order valence-corrected chi connectivity index (χ0v) is 24.3. The number of hydrazine groups is 1. The maximum atomic E-state index is 13.2. The molecule has 4 fully saturated rings. The number of ether oxygens (including phenoxy) is 1. The number of carbonyl (C=O) groups is 2. The lowest BCUT2D eigenvalue weighted by Gasteiger charge is -2.48. The summed E-state index contributed by atoms with van der Waals surface area (Å²) in [6.45, 7) is 2.41. The van der Waals surface area contributed by atoms with Gasteiger partial charge in [0.1, 0.15) is 6.17 Å². The molecule has 5 aliphatic rings. The average molecular weight is 586 g/mol. The molecule has 3 saturated heterocycles. The first kappa shape index (κ1) is 28.2. The van der Waals surface area contributed by atoms with E-state index in [0.717, 1.165) is 30.5 Å². The van der Waals surface area contributed by atoms with E-state index in [-0.39, 0.29) is 24.5 Å². The van der Waals surface area contributed by atoms with Crippen LogP contribution >= 0.6 is 0 Å². The van der Waals surface area contributed by atoms with Gasteiger partial charge in [0.2, 0.25) is 15.9 Å². The zero-order chi connectivity index (χ0) is 28.8. The van der Waals surface area contributed by atoms with E-state index in [4.69, 9.17) is 4.74 Å². The maximum Gasteiger partial charge on any atom is 0.409 e. The molecule has 1 saturated carbocycles. The number of methoxy groups -OCH3 is 1. The topological polar surface area (TPSA) is 147 Å². The van der Waals surface area contributed by atoms with Gasteiger partial charge in [0.15, 0.2) is 0 Å². The van der Waals surface area contributed by atoms with Crippen molar-refractivity contribution >= 4 is 27.7 Å². The number of amides is 2. The van der Waals surface area contributed by atoms with Gasteiger partial charge in [0.05, 0.1) is 36.0 Å². The third kappa shape index (κ3) is 5.05. The van der Waals surface area contributed by atoms with Crippen LogP contribution in [-0.2, 0) is 26.1 Å². The van der Waals surface area contributed by atoms with Crippen molar-refractivity contribution < 1.29 is 22.7 Å². The van der Waals surface area contributed by atoms with Crippen molar-refractivity contribution in [2.75, 3.05) is 38.6 Å². The van der Waals surface area contributed by atoms with Crippen molar-refractivity contribution in [3.63, 3.8) is 0 Å². The molecule has 3 atom stereocenters. The molecule has 0 aromatic heterocycles. The Morgan fingerprint density at radius 2 is 1.98 bits per heavy atom. The first-order valence-electron chi connectivity index (χ1n) is 14.7. The molecule has 0 radical (unpaired) electrons. The summed E-state index contributed by atoms with van der Waals surface area (Å²) in [5.74, 6) is -0.0412. The molecule has 1 aliphatic carbocycles. The number of fused-ring (bicyclic) bond motifs is 2. The predicted molar refractivity (Wildman–Crippen MR) is 149 cm³/mol. The molecule has 0 bridgehead atoms. The van der Waals surface area contributed by atoms with E-state index in [9.17, 15) is 23.3 Å². The lowest BCUT2D eigenvalue weighted by Crippen LogP contribution is -2.62. The first-order chi connectivity index (χ1) is 19.8. The van der Waals surface area contributed by atoms with Gasteiger partial charge < -0.3 is 20.3 Å². The molecule has 222 valence electrons. The third-order valence-corrected chi connectivity index (χ3v) is 11.7. The van der Waals surface area contributed by atoms with Gasteiger partial charge in [-0.05, 0) is 61.8 Å². The van der Waals surface area contributed by atoms with Crippen molar-refractivity contribution in [3.8, 4) is 6.07 Å². The van der Waals surface area contributed by atoms with E-state index >= 15 is 0 Å². The molecule has 1 aromatic carbocycles. The first-order valence-corrected chi connectivity index (χ1v) is 16.1. The fourth-order valence-electron chi connectivity index (χ4n) is 7.58. The molecule has 2 amide bonds. The van der Waals surface area contributed by atoms with Crippen molar-refractivity contribution in [2.45, 2.75) is 80.6 Å². The largest absolute Gasteiger partial charge is 0.453 e. The summed E-state index contributed by atoms with van der Waals surface area (Å²) in [5, 5.41) is 18.4. The number of nitrogens with zero attached hydrogens (tertiary/aromatic N) is 4. The molecule has 6 rings (SSSR count). The Labute approximate surface area is 241 Å². The highest BCUT2D eigenvalue weighted by molar-refractivity contribution is 7.89. The molecule has 3 N–H and O–H groups in total. The summed E-state index contributed by atoms with van der Waals surface area (Å²) in [6.07, 6.45) is 5.82. The van der Waals surface area contributed by atoms with Crippen LogP contribution < -0.4 is 16.1 Å². The Hall–Kier alpha value is -2.92. The number of likely N-dealkylation sites (tertiary alicyclic amines) is 1. The van der Waals surface area contributed by atoms with Crippen LogP contribution in [0.4, 0.5) is 10.5 Å². The third-order valence-electron chi connectivity index (χ3n) is 9.76. The number of anilines is 1. The summed E-state index contributed by atoms with van der Waals surface area (Å²) in [4.78, 5) is 27.3. The number of carbonyl (C=O) groups excluding carboxylic acids is 2. The van der Waals surface area contributed by atoms with E-state index in [0.29, 0.717) is 56.4 Å². The minimum Gasteiger partial charge on any atom is -0.453 e. The molecule has 3 unspecified atom stereocenters. The van der Waals surface area contributed by atoms with Crippen LogP contribution in [0.1, 0.15) is 56.9 Å². The Morgan fingerprint density at radius 3 is 2.68 bits per heavy atom. The minimum atomic E-state index is -3.51. The van der Waals surface area contributed by atoms with Crippen LogP contribution in [0.3, 0.4) is 0 Å². The molecule has 4 heterocycles. The molecule has 13 heteroatoms. The highest BCUT2D eigenvalue weighted by atomic mass is 32.2. The van der Waals surface area contributed by atoms with Gasteiger partial charge in [-0.3, -0.25) is 4.79 Å². The Balaban J connectivity index is 1.22. The van der Waals surface area contributed by atoms with E-state index in [1.54, 1.807) is 21.3 Å². The second-order valence-electron chi connectivity index (χ2n) is 12.1. The van der Waals surface area contributed by atoms with Crippen LogP contribution in [0.15, 0.2) is 23.1 Å². The average Bonchev–Trinajstić information content (AvgIpc) is 3.67. The Bertz CT molecular complexity index is 1330. The molecular weight excluding hydrogens is 546 g/mol. The van der Waals surface area contributed by atoms with E-state index < -0.39 is 27.6 Å². The number of rotatable bonds is 6. The molecule has 1 aromatic rings.